The van der Waals surface area contributed by atoms with Crippen LogP contribution in [0.4, 0.5) is 11.4 Å². The summed E-state index contributed by atoms with van der Waals surface area (Å²) in [6.07, 6.45) is 0. The quantitative estimate of drug-likeness (QED) is 0.475. The molecule has 2 heterocycles. The minimum absolute atomic E-state index is 0.0179. The molecule has 3 aromatic rings. The smallest absolute Gasteiger partial charge is 0.265 e. The van der Waals surface area contributed by atoms with Gasteiger partial charge in [-0.2, -0.15) is 0 Å². The van der Waals surface area contributed by atoms with Gasteiger partial charge in [0, 0.05) is 17.2 Å². The van der Waals surface area contributed by atoms with Crippen LogP contribution in [0.25, 0.3) is 0 Å². The number of para-hydroxylation sites is 2. The maximum Gasteiger partial charge on any atom is 0.265 e. The number of aromatic nitrogens is 3. The Balaban J connectivity index is 1.46. The SMILES string of the molecule is Cc1c(Br)ccc(NC(=O)CSc2nnc(C(C)N3C(=O)COc4ccccc43)n2C)c1C. The fourth-order valence-electron chi connectivity index (χ4n) is 3.72. The van der Waals surface area contributed by atoms with Gasteiger partial charge < -0.3 is 14.6 Å². The molecule has 0 spiro atoms. The van der Waals surface area contributed by atoms with E-state index in [9.17, 15) is 9.59 Å². The number of thioether (sulfide) groups is 1. The first-order chi connectivity index (χ1) is 15.8. The molecule has 0 aliphatic carbocycles. The third-order valence-corrected chi connectivity index (χ3v) is 7.58. The van der Waals surface area contributed by atoms with Crippen LogP contribution in [0.15, 0.2) is 46.0 Å². The van der Waals surface area contributed by atoms with Crippen molar-refractivity contribution in [2.45, 2.75) is 32.0 Å². The van der Waals surface area contributed by atoms with Crippen molar-refractivity contribution < 1.29 is 14.3 Å². The van der Waals surface area contributed by atoms with Crippen LogP contribution in [-0.4, -0.2) is 38.9 Å². The second-order valence-corrected chi connectivity index (χ2v) is 9.57. The van der Waals surface area contributed by atoms with Gasteiger partial charge in [0.2, 0.25) is 5.91 Å². The lowest BCUT2D eigenvalue weighted by molar-refractivity contribution is -0.121. The van der Waals surface area contributed by atoms with E-state index in [0.717, 1.165) is 21.3 Å². The number of amides is 2. The molecule has 0 fully saturated rings. The van der Waals surface area contributed by atoms with Gasteiger partial charge in [-0.15, -0.1) is 10.2 Å². The highest BCUT2D eigenvalue weighted by Crippen LogP contribution is 2.37. The lowest BCUT2D eigenvalue weighted by atomic mass is 10.1. The van der Waals surface area contributed by atoms with Crippen LogP contribution in [0.1, 0.15) is 29.9 Å². The molecule has 4 rings (SSSR count). The molecule has 1 aliphatic rings. The topological polar surface area (TPSA) is 89.3 Å². The number of carbonyl (C=O) groups excluding carboxylic acids is 2. The van der Waals surface area contributed by atoms with E-state index in [0.29, 0.717) is 22.4 Å². The predicted molar refractivity (Wildman–Crippen MR) is 132 cm³/mol. The minimum Gasteiger partial charge on any atom is -0.482 e. The highest BCUT2D eigenvalue weighted by Gasteiger charge is 2.32. The summed E-state index contributed by atoms with van der Waals surface area (Å²) in [7, 11) is 1.84. The Morgan fingerprint density at radius 2 is 1.97 bits per heavy atom. The molecule has 1 unspecified atom stereocenters. The maximum absolute atomic E-state index is 12.6. The van der Waals surface area contributed by atoms with Crippen molar-refractivity contribution in [1.29, 1.82) is 0 Å². The summed E-state index contributed by atoms with van der Waals surface area (Å²) in [4.78, 5) is 26.9. The number of carbonyl (C=O) groups is 2. The highest BCUT2D eigenvalue weighted by molar-refractivity contribution is 9.10. The number of nitrogens with zero attached hydrogens (tertiary/aromatic N) is 4. The van der Waals surface area contributed by atoms with E-state index < -0.39 is 0 Å². The number of nitrogens with one attached hydrogen (secondary N) is 1. The van der Waals surface area contributed by atoms with Gasteiger partial charge in [-0.3, -0.25) is 14.5 Å². The lowest BCUT2D eigenvalue weighted by Gasteiger charge is -2.33. The zero-order valence-electron chi connectivity index (χ0n) is 18.8. The molecule has 10 heteroatoms. The first-order valence-electron chi connectivity index (χ1n) is 10.4. The number of fused-ring (bicyclic) bond motifs is 1. The standard InChI is InChI=1S/C23H24BrN5O3S/c1-13-14(2)17(10-9-16(13)24)25-20(30)12-33-23-27-26-22(28(23)4)15(3)29-18-7-5-6-8-19(18)32-11-21(29)31/h5-10,15H,11-12H2,1-4H3,(H,25,30). The molecule has 1 N–H and O–H groups in total. The molecule has 33 heavy (non-hydrogen) atoms. The van der Waals surface area contributed by atoms with Gasteiger partial charge in [0.05, 0.1) is 17.5 Å². The van der Waals surface area contributed by atoms with Crippen LogP contribution in [0.3, 0.4) is 0 Å². The van der Waals surface area contributed by atoms with Crippen molar-refractivity contribution in [3.8, 4) is 5.75 Å². The monoisotopic (exact) mass is 529 g/mol. The number of halogens is 1. The Morgan fingerprint density at radius 3 is 2.76 bits per heavy atom. The van der Waals surface area contributed by atoms with Crippen LogP contribution in [0.2, 0.25) is 0 Å². The van der Waals surface area contributed by atoms with E-state index in [4.69, 9.17) is 4.74 Å². The summed E-state index contributed by atoms with van der Waals surface area (Å²) in [5.74, 6) is 1.21. The predicted octanol–water partition coefficient (Wildman–Crippen LogP) is 4.41. The van der Waals surface area contributed by atoms with Gasteiger partial charge in [-0.25, -0.2) is 0 Å². The molecule has 0 bridgehead atoms. The minimum atomic E-state index is -0.350. The Hall–Kier alpha value is -2.85. The third kappa shape index (κ3) is 4.63. The third-order valence-electron chi connectivity index (χ3n) is 5.70. The molecule has 2 amide bonds. The largest absolute Gasteiger partial charge is 0.482 e. The average molecular weight is 530 g/mol. The fourth-order valence-corrected chi connectivity index (χ4v) is 4.86. The molecule has 0 saturated heterocycles. The molecule has 1 atom stereocenters. The number of ether oxygens (including phenoxy) is 1. The number of benzene rings is 2. The van der Waals surface area contributed by atoms with Crippen molar-refractivity contribution in [1.82, 2.24) is 14.8 Å². The Morgan fingerprint density at radius 1 is 1.21 bits per heavy atom. The van der Waals surface area contributed by atoms with Gasteiger partial charge in [0.25, 0.3) is 5.91 Å². The Kier molecular flexibility index (Phi) is 6.76. The van der Waals surface area contributed by atoms with Gasteiger partial charge in [-0.05, 0) is 56.2 Å². The number of rotatable bonds is 6. The number of hydrogen-bond donors (Lipinski definition) is 1. The Labute approximate surface area is 204 Å². The van der Waals surface area contributed by atoms with Gasteiger partial charge in [0.15, 0.2) is 17.6 Å². The highest BCUT2D eigenvalue weighted by atomic mass is 79.9. The van der Waals surface area contributed by atoms with E-state index >= 15 is 0 Å². The summed E-state index contributed by atoms with van der Waals surface area (Å²) in [5, 5.41) is 12.1. The lowest BCUT2D eigenvalue weighted by Crippen LogP contribution is -2.41. The summed E-state index contributed by atoms with van der Waals surface area (Å²) in [6.45, 7) is 5.87. The van der Waals surface area contributed by atoms with Gasteiger partial charge >= 0.3 is 0 Å². The Bertz CT molecular complexity index is 1230. The normalized spacial score (nSPS) is 14.0. The van der Waals surface area contributed by atoms with Crippen molar-refractivity contribution in [3.63, 3.8) is 0 Å². The van der Waals surface area contributed by atoms with E-state index in [2.05, 4.69) is 31.4 Å². The summed E-state index contributed by atoms with van der Waals surface area (Å²) >= 11 is 4.80. The van der Waals surface area contributed by atoms with Crippen LogP contribution < -0.4 is 15.0 Å². The first kappa shape index (κ1) is 23.3. The van der Waals surface area contributed by atoms with Crippen molar-refractivity contribution in [2.75, 3.05) is 22.6 Å². The molecule has 1 aromatic heterocycles. The zero-order chi connectivity index (χ0) is 23.7. The van der Waals surface area contributed by atoms with E-state index in [1.807, 2.05) is 68.8 Å². The second-order valence-electron chi connectivity index (χ2n) is 7.78. The van der Waals surface area contributed by atoms with E-state index in [1.54, 1.807) is 4.90 Å². The number of hydrogen-bond acceptors (Lipinski definition) is 6. The molecule has 172 valence electrons. The molecule has 0 radical (unpaired) electrons. The van der Waals surface area contributed by atoms with Gasteiger partial charge in [0.1, 0.15) is 5.75 Å². The summed E-state index contributed by atoms with van der Waals surface area (Å²) in [6, 6.07) is 10.9. The van der Waals surface area contributed by atoms with Crippen molar-refractivity contribution in [2.24, 2.45) is 7.05 Å². The second kappa shape index (κ2) is 9.56. The van der Waals surface area contributed by atoms with Crippen molar-refractivity contribution >= 4 is 50.9 Å². The van der Waals surface area contributed by atoms with Gasteiger partial charge in [-0.1, -0.05) is 39.8 Å². The number of anilines is 2. The van der Waals surface area contributed by atoms with E-state index in [1.165, 1.54) is 11.8 Å². The van der Waals surface area contributed by atoms with E-state index in [-0.39, 0.29) is 30.2 Å². The fraction of sp³-hybridized carbons (Fsp3) is 0.304. The van der Waals surface area contributed by atoms with Crippen LogP contribution in [0, 0.1) is 13.8 Å². The molecular weight excluding hydrogens is 506 g/mol. The molecule has 2 aromatic carbocycles. The zero-order valence-corrected chi connectivity index (χ0v) is 21.2. The first-order valence-corrected chi connectivity index (χ1v) is 12.2. The van der Waals surface area contributed by atoms with Crippen molar-refractivity contribution in [3.05, 3.63) is 57.8 Å². The summed E-state index contributed by atoms with van der Waals surface area (Å²) in [5.41, 5.74) is 3.61. The molecule has 0 saturated carbocycles. The molecule has 1 aliphatic heterocycles. The van der Waals surface area contributed by atoms with Crippen LogP contribution in [0.5, 0.6) is 5.75 Å². The molecule has 8 nitrogen and oxygen atoms in total. The van der Waals surface area contributed by atoms with Crippen LogP contribution >= 0.6 is 27.7 Å². The maximum atomic E-state index is 12.6. The average Bonchev–Trinajstić information content (AvgIpc) is 3.18. The van der Waals surface area contributed by atoms with Crippen LogP contribution in [-0.2, 0) is 16.6 Å². The molecular formula is C23H24BrN5O3S. The summed E-state index contributed by atoms with van der Waals surface area (Å²) < 4.78 is 8.37.